The minimum Gasteiger partial charge on any atom is -0.338 e. The molecule has 0 saturated heterocycles. The van der Waals surface area contributed by atoms with Gasteiger partial charge in [-0.1, -0.05) is 35.9 Å². The monoisotopic (exact) mass is 429 g/mol. The second kappa shape index (κ2) is 7.70. The van der Waals surface area contributed by atoms with Crippen molar-refractivity contribution < 1.29 is 4.79 Å². The summed E-state index contributed by atoms with van der Waals surface area (Å²) in [5.41, 5.74) is 3.85. The lowest BCUT2D eigenvalue weighted by atomic mass is 10.2. The number of halogens is 1. The molecule has 0 unspecified atom stereocenters. The predicted octanol–water partition coefficient (Wildman–Crippen LogP) is 4.23. The fourth-order valence-electron chi connectivity index (χ4n) is 3.49. The summed E-state index contributed by atoms with van der Waals surface area (Å²) in [4.78, 5) is 36.8. The molecule has 0 fully saturated rings. The van der Waals surface area contributed by atoms with E-state index in [1.54, 1.807) is 36.4 Å². The summed E-state index contributed by atoms with van der Waals surface area (Å²) in [6, 6.07) is 20.0. The van der Waals surface area contributed by atoms with Gasteiger partial charge in [-0.05, 0) is 42.5 Å². The lowest BCUT2D eigenvalue weighted by molar-refractivity contribution is -0.116. The maximum absolute atomic E-state index is 12.7. The molecule has 1 amide bonds. The number of H-pyrrole nitrogens is 1. The van der Waals surface area contributed by atoms with Gasteiger partial charge in [-0.15, -0.1) is 0 Å². The van der Waals surface area contributed by atoms with Gasteiger partial charge in [-0.3, -0.25) is 14.2 Å². The van der Waals surface area contributed by atoms with E-state index in [9.17, 15) is 9.59 Å². The van der Waals surface area contributed by atoms with Crippen LogP contribution in [0.3, 0.4) is 0 Å². The molecule has 0 aliphatic rings. The van der Waals surface area contributed by atoms with E-state index in [1.165, 1.54) is 10.8 Å². The van der Waals surface area contributed by atoms with Crippen molar-refractivity contribution in [2.24, 2.45) is 0 Å². The molecule has 0 spiro atoms. The molecule has 2 aromatic heterocycles. The van der Waals surface area contributed by atoms with Gasteiger partial charge < -0.3 is 10.3 Å². The molecule has 0 bridgehead atoms. The molecule has 31 heavy (non-hydrogen) atoms. The van der Waals surface area contributed by atoms with E-state index in [2.05, 4.69) is 20.3 Å². The molecule has 5 aromatic rings. The van der Waals surface area contributed by atoms with Gasteiger partial charge in [-0.25, -0.2) is 9.97 Å². The van der Waals surface area contributed by atoms with E-state index < -0.39 is 0 Å². The van der Waals surface area contributed by atoms with Gasteiger partial charge in [0.2, 0.25) is 5.91 Å². The minimum absolute atomic E-state index is 0.117. The van der Waals surface area contributed by atoms with Crippen LogP contribution in [-0.2, 0) is 11.3 Å². The lowest BCUT2D eigenvalue weighted by Crippen LogP contribution is -2.27. The van der Waals surface area contributed by atoms with Crippen molar-refractivity contribution >= 4 is 45.3 Å². The Balaban J connectivity index is 1.41. The number of carbonyl (C=O) groups is 1. The van der Waals surface area contributed by atoms with Crippen molar-refractivity contribution in [1.29, 1.82) is 0 Å². The van der Waals surface area contributed by atoms with Crippen molar-refractivity contribution in [3.63, 3.8) is 0 Å². The van der Waals surface area contributed by atoms with Crippen molar-refractivity contribution in [3.05, 3.63) is 88.3 Å². The van der Waals surface area contributed by atoms with Gasteiger partial charge >= 0.3 is 0 Å². The number of nitrogens with zero attached hydrogens (tertiary/aromatic N) is 3. The molecular formula is C23H16ClN5O2. The third-order valence-corrected chi connectivity index (χ3v) is 5.28. The van der Waals surface area contributed by atoms with Gasteiger partial charge in [0, 0.05) is 11.3 Å². The number of fused-ring (bicyclic) bond motifs is 2. The van der Waals surface area contributed by atoms with Crippen molar-refractivity contribution in [1.82, 2.24) is 19.5 Å². The van der Waals surface area contributed by atoms with Crippen LogP contribution in [0.5, 0.6) is 0 Å². The largest absolute Gasteiger partial charge is 0.338 e. The summed E-state index contributed by atoms with van der Waals surface area (Å²) >= 11 is 6.27. The van der Waals surface area contributed by atoms with Gasteiger partial charge in [0.15, 0.2) is 0 Å². The second-order valence-corrected chi connectivity index (χ2v) is 7.42. The average molecular weight is 430 g/mol. The molecule has 0 atom stereocenters. The normalized spacial score (nSPS) is 11.1. The van der Waals surface area contributed by atoms with Crippen LogP contribution >= 0.6 is 11.6 Å². The van der Waals surface area contributed by atoms with E-state index in [4.69, 9.17) is 11.6 Å². The third kappa shape index (κ3) is 3.67. The van der Waals surface area contributed by atoms with E-state index in [1.807, 2.05) is 30.3 Å². The van der Waals surface area contributed by atoms with Crippen LogP contribution in [-0.4, -0.2) is 25.4 Å². The van der Waals surface area contributed by atoms with Crippen LogP contribution in [0.4, 0.5) is 5.69 Å². The van der Waals surface area contributed by atoms with Crippen molar-refractivity contribution in [2.75, 3.05) is 5.32 Å². The third-order valence-electron chi connectivity index (χ3n) is 4.95. The number of aromatic amines is 1. The van der Waals surface area contributed by atoms with Crippen LogP contribution in [0.15, 0.2) is 77.7 Å². The highest BCUT2D eigenvalue weighted by atomic mass is 35.5. The van der Waals surface area contributed by atoms with Crippen molar-refractivity contribution in [3.8, 4) is 11.4 Å². The highest BCUT2D eigenvalue weighted by Crippen LogP contribution is 2.28. The molecule has 0 aliphatic carbocycles. The summed E-state index contributed by atoms with van der Waals surface area (Å²) in [6.45, 7) is -0.117. The molecule has 2 N–H and O–H groups in total. The van der Waals surface area contributed by atoms with Crippen LogP contribution in [0.1, 0.15) is 0 Å². The maximum atomic E-state index is 12.7. The molecule has 7 nitrogen and oxygen atoms in total. The average Bonchev–Trinajstić information content (AvgIpc) is 3.19. The topological polar surface area (TPSA) is 92.7 Å². The zero-order chi connectivity index (χ0) is 21.4. The lowest BCUT2D eigenvalue weighted by Gasteiger charge is -2.10. The smallest absolute Gasteiger partial charge is 0.269 e. The number of rotatable bonds is 4. The van der Waals surface area contributed by atoms with Gasteiger partial charge in [0.1, 0.15) is 12.4 Å². The van der Waals surface area contributed by atoms with E-state index >= 15 is 0 Å². The van der Waals surface area contributed by atoms with Crippen LogP contribution in [0, 0.1) is 0 Å². The zero-order valence-electron chi connectivity index (χ0n) is 16.2. The summed E-state index contributed by atoms with van der Waals surface area (Å²) < 4.78 is 1.40. The first-order valence-electron chi connectivity index (χ1n) is 9.57. The van der Waals surface area contributed by atoms with E-state index in [0.29, 0.717) is 27.6 Å². The number of imidazole rings is 1. The van der Waals surface area contributed by atoms with Gasteiger partial charge in [-0.2, -0.15) is 0 Å². The number of carbonyl (C=O) groups excluding carboxylic acids is 1. The quantitative estimate of drug-likeness (QED) is 0.447. The highest BCUT2D eigenvalue weighted by molar-refractivity contribution is 6.33. The molecule has 0 radical (unpaired) electrons. The molecular weight excluding hydrogens is 414 g/mol. The summed E-state index contributed by atoms with van der Waals surface area (Å²) in [5.74, 6) is 0.336. The second-order valence-electron chi connectivity index (χ2n) is 7.02. The molecule has 152 valence electrons. The zero-order valence-corrected chi connectivity index (χ0v) is 16.9. The Kier molecular flexibility index (Phi) is 4.72. The first kappa shape index (κ1) is 19.0. The molecule has 8 heteroatoms. The van der Waals surface area contributed by atoms with Gasteiger partial charge in [0.05, 0.1) is 33.3 Å². The molecule has 2 heterocycles. The fraction of sp³-hybridized carbons (Fsp3) is 0.0435. The van der Waals surface area contributed by atoms with Crippen LogP contribution in [0.25, 0.3) is 33.5 Å². The number of benzene rings is 3. The molecule has 5 rings (SSSR count). The number of hydrogen-bond donors (Lipinski definition) is 2. The summed E-state index contributed by atoms with van der Waals surface area (Å²) in [6.07, 6.45) is 1.22. The first-order chi connectivity index (χ1) is 15.1. The van der Waals surface area contributed by atoms with E-state index in [-0.39, 0.29) is 18.0 Å². The number of hydrogen-bond acceptors (Lipinski definition) is 4. The Hall–Kier alpha value is -3.97. The Bertz CT molecular complexity index is 1510. The van der Waals surface area contributed by atoms with E-state index in [0.717, 1.165) is 16.6 Å². The number of nitrogens with one attached hydrogen (secondary N) is 2. The number of para-hydroxylation sites is 2. The predicted molar refractivity (Wildman–Crippen MR) is 121 cm³/mol. The molecule has 0 saturated carbocycles. The summed E-state index contributed by atoms with van der Waals surface area (Å²) in [7, 11) is 0. The summed E-state index contributed by atoms with van der Waals surface area (Å²) in [5, 5.41) is 3.44. The molecule has 3 aromatic carbocycles. The van der Waals surface area contributed by atoms with Crippen LogP contribution < -0.4 is 10.9 Å². The van der Waals surface area contributed by atoms with Crippen LogP contribution in [0.2, 0.25) is 5.02 Å². The minimum atomic E-state index is -0.331. The number of anilines is 1. The number of amides is 1. The first-order valence-corrected chi connectivity index (χ1v) is 9.95. The van der Waals surface area contributed by atoms with Crippen molar-refractivity contribution in [2.45, 2.75) is 6.54 Å². The molecule has 0 aliphatic heterocycles. The maximum Gasteiger partial charge on any atom is 0.269 e. The highest BCUT2D eigenvalue weighted by Gasteiger charge is 2.12. The Morgan fingerprint density at radius 1 is 1.03 bits per heavy atom. The standard InChI is InChI=1S/C23H16ClN5O2/c24-16-6-2-1-5-15(16)23-27-17-10-9-14(11-19(17)28-23)26-21(30)13-29-20-8-4-3-7-18(20)25-12-22(29)31/h1-12H,13H2,(H,26,30)(H,27,28). The number of aromatic nitrogens is 4. The Labute approximate surface area is 181 Å². The Morgan fingerprint density at radius 2 is 1.84 bits per heavy atom. The SMILES string of the molecule is O=C(Cn1c(=O)cnc2ccccc21)Nc1ccc2nc(-c3ccccc3Cl)[nH]c2c1. The van der Waals surface area contributed by atoms with Gasteiger partial charge in [0.25, 0.3) is 5.56 Å². The Morgan fingerprint density at radius 3 is 2.71 bits per heavy atom. The fourth-order valence-corrected chi connectivity index (χ4v) is 3.72.